The average molecular weight is 478 g/mol. The number of aliphatic imine (C=N–C) groups is 1. The fraction of sp³-hybridized carbons (Fsp3) is 0.833. The Hall–Kier alpha value is -0.900. The molecule has 1 aromatic rings. The molecule has 1 fully saturated rings. The van der Waals surface area contributed by atoms with E-state index in [1.165, 1.54) is 44.9 Å². The molecule has 0 spiro atoms. The Morgan fingerprint density at radius 3 is 2.58 bits per heavy atom. The van der Waals surface area contributed by atoms with E-state index in [2.05, 4.69) is 25.8 Å². The molecule has 0 saturated heterocycles. The van der Waals surface area contributed by atoms with Crippen molar-refractivity contribution in [1.82, 2.24) is 25.4 Å². The molecular formula is C18H35IN6O. The number of nitrogens with one attached hydrogen (secondary N) is 2. The molecule has 8 heteroatoms. The third-order valence-electron chi connectivity index (χ3n) is 4.97. The van der Waals surface area contributed by atoms with E-state index in [-0.39, 0.29) is 24.0 Å². The summed E-state index contributed by atoms with van der Waals surface area (Å²) in [6.07, 6.45) is 9.61. The van der Waals surface area contributed by atoms with Gasteiger partial charge in [-0.2, -0.15) is 0 Å². The number of methoxy groups -OCH3 is 1. The van der Waals surface area contributed by atoms with Gasteiger partial charge in [-0.05, 0) is 25.7 Å². The molecule has 150 valence electrons. The monoisotopic (exact) mass is 478 g/mol. The van der Waals surface area contributed by atoms with Gasteiger partial charge in [0.2, 0.25) is 0 Å². The van der Waals surface area contributed by atoms with Crippen LogP contribution in [0.2, 0.25) is 0 Å². The number of halogens is 1. The van der Waals surface area contributed by atoms with Gasteiger partial charge in [-0.1, -0.05) is 32.1 Å². The molecule has 7 nitrogen and oxygen atoms in total. The second kappa shape index (κ2) is 13.3. The number of guanidine groups is 1. The van der Waals surface area contributed by atoms with Gasteiger partial charge in [-0.25, -0.2) is 4.99 Å². The van der Waals surface area contributed by atoms with Crippen LogP contribution in [-0.2, 0) is 18.3 Å². The molecule has 26 heavy (non-hydrogen) atoms. The summed E-state index contributed by atoms with van der Waals surface area (Å²) in [7, 11) is 3.67. The number of nitrogens with zero attached hydrogens (tertiary/aromatic N) is 4. The lowest BCUT2D eigenvalue weighted by Crippen LogP contribution is -2.39. The van der Waals surface area contributed by atoms with Gasteiger partial charge in [0, 0.05) is 27.2 Å². The van der Waals surface area contributed by atoms with E-state index >= 15 is 0 Å². The first-order valence-electron chi connectivity index (χ1n) is 9.56. The molecule has 1 aliphatic rings. The molecule has 2 N–H and O–H groups in total. The van der Waals surface area contributed by atoms with Crippen LogP contribution in [0.15, 0.2) is 4.99 Å². The van der Waals surface area contributed by atoms with Crippen molar-refractivity contribution in [3.05, 3.63) is 11.6 Å². The summed E-state index contributed by atoms with van der Waals surface area (Å²) in [6.45, 7) is 4.81. The number of aromatic nitrogens is 3. The summed E-state index contributed by atoms with van der Waals surface area (Å²) in [4.78, 5) is 4.64. The van der Waals surface area contributed by atoms with Gasteiger partial charge in [-0.3, -0.25) is 0 Å². The van der Waals surface area contributed by atoms with Crippen molar-refractivity contribution in [3.8, 4) is 0 Å². The third-order valence-corrected chi connectivity index (χ3v) is 4.97. The van der Waals surface area contributed by atoms with Gasteiger partial charge >= 0.3 is 0 Å². The SMILES string of the molecule is COCCNC(=NCc1nnc(C)n1C)NCCCC1CCCCC1.I. The summed E-state index contributed by atoms with van der Waals surface area (Å²) < 4.78 is 7.08. The van der Waals surface area contributed by atoms with E-state index in [4.69, 9.17) is 4.74 Å². The fourth-order valence-corrected chi connectivity index (χ4v) is 3.26. The van der Waals surface area contributed by atoms with Crippen molar-refractivity contribution in [2.45, 2.75) is 58.4 Å². The Morgan fingerprint density at radius 1 is 1.19 bits per heavy atom. The molecule has 0 aliphatic heterocycles. The molecule has 1 aromatic heterocycles. The molecule has 0 bridgehead atoms. The van der Waals surface area contributed by atoms with Crippen LogP contribution in [0.3, 0.4) is 0 Å². The Bertz CT molecular complexity index is 528. The van der Waals surface area contributed by atoms with Crippen molar-refractivity contribution >= 4 is 29.9 Å². The normalized spacial score (nSPS) is 15.6. The van der Waals surface area contributed by atoms with Gasteiger partial charge in [0.15, 0.2) is 11.8 Å². The largest absolute Gasteiger partial charge is 0.383 e. The molecule has 0 unspecified atom stereocenters. The molecular weight excluding hydrogens is 443 g/mol. The number of aryl methyl sites for hydroxylation is 1. The Balaban J connectivity index is 0.00000338. The van der Waals surface area contributed by atoms with E-state index in [1.54, 1.807) is 7.11 Å². The van der Waals surface area contributed by atoms with Crippen molar-refractivity contribution in [3.63, 3.8) is 0 Å². The molecule has 0 aromatic carbocycles. The highest BCUT2D eigenvalue weighted by atomic mass is 127. The molecule has 1 aliphatic carbocycles. The second-order valence-electron chi connectivity index (χ2n) is 6.88. The van der Waals surface area contributed by atoms with E-state index in [9.17, 15) is 0 Å². The zero-order chi connectivity index (χ0) is 17.9. The highest BCUT2D eigenvalue weighted by molar-refractivity contribution is 14.0. The quantitative estimate of drug-likeness (QED) is 0.247. The summed E-state index contributed by atoms with van der Waals surface area (Å²) in [5.41, 5.74) is 0. The Kier molecular flexibility index (Phi) is 11.8. The lowest BCUT2D eigenvalue weighted by molar-refractivity contribution is 0.203. The molecule has 1 heterocycles. The van der Waals surface area contributed by atoms with Crippen LogP contribution in [0.4, 0.5) is 0 Å². The van der Waals surface area contributed by atoms with E-state index < -0.39 is 0 Å². The van der Waals surface area contributed by atoms with Crippen molar-refractivity contribution in [2.75, 3.05) is 26.8 Å². The summed E-state index contributed by atoms with van der Waals surface area (Å²) in [6, 6.07) is 0. The van der Waals surface area contributed by atoms with Crippen LogP contribution in [0.1, 0.15) is 56.6 Å². The van der Waals surface area contributed by atoms with Gasteiger partial charge in [-0.15, -0.1) is 34.2 Å². The Morgan fingerprint density at radius 2 is 1.92 bits per heavy atom. The highest BCUT2D eigenvalue weighted by Crippen LogP contribution is 2.26. The van der Waals surface area contributed by atoms with Crippen molar-refractivity contribution < 1.29 is 4.74 Å². The molecule has 0 atom stereocenters. The van der Waals surface area contributed by atoms with Gasteiger partial charge in [0.1, 0.15) is 12.4 Å². The molecule has 0 amide bonds. The van der Waals surface area contributed by atoms with Crippen LogP contribution in [0, 0.1) is 12.8 Å². The van der Waals surface area contributed by atoms with E-state index in [1.807, 2.05) is 18.5 Å². The molecule has 1 saturated carbocycles. The standard InChI is InChI=1S/C18H34N6O.HI/c1-15-22-23-17(24(15)2)14-21-18(20-12-13-25-3)19-11-7-10-16-8-5-4-6-9-16;/h16H,4-14H2,1-3H3,(H2,19,20,21);1H. The predicted octanol–water partition coefficient (Wildman–Crippen LogP) is 2.78. The van der Waals surface area contributed by atoms with Gasteiger partial charge in [0.25, 0.3) is 0 Å². The lowest BCUT2D eigenvalue weighted by Gasteiger charge is -2.21. The van der Waals surface area contributed by atoms with Crippen LogP contribution in [0.5, 0.6) is 0 Å². The lowest BCUT2D eigenvalue weighted by atomic mass is 9.86. The Labute approximate surface area is 174 Å². The number of hydrogen-bond donors (Lipinski definition) is 2. The summed E-state index contributed by atoms with van der Waals surface area (Å²) >= 11 is 0. The van der Waals surface area contributed by atoms with Crippen LogP contribution >= 0.6 is 24.0 Å². The van der Waals surface area contributed by atoms with Gasteiger partial charge in [0.05, 0.1) is 6.61 Å². The molecule has 0 radical (unpaired) electrons. The minimum absolute atomic E-state index is 0. The number of rotatable bonds is 9. The van der Waals surface area contributed by atoms with Crippen molar-refractivity contribution in [2.24, 2.45) is 18.0 Å². The summed E-state index contributed by atoms with van der Waals surface area (Å²) in [5, 5.41) is 15.0. The molecule has 2 rings (SSSR count). The van der Waals surface area contributed by atoms with E-state index in [0.717, 1.165) is 36.6 Å². The smallest absolute Gasteiger partial charge is 0.191 e. The zero-order valence-electron chi connectivity index (χ0n) is 16.5. The van der Waals surface area contributed by atoms with Crippen molar-refractivity contribution in [1.29, 1.82) is 0 Å². The first kappa shape index (κ1) is 23.1. The first-order chi connectivity index (χ1) is 12.2. The van der Waals surface area contributed by atoms with E-state index in [0.29, 0.717) is 13.2 Å². The van der Waals surface area contributed by atoms with Gasteiger partial charge < -0.3 is 19.9 Å². The zero-order valence-corrected chi connectivity index (χ0v) is 18.8. The predicted molar refractivity (Wildman–Crippen MR) is 116 cm³/mol. The minimum atomic E-state index is 0. The average Bonchev–Trinajstić information content (AvgIpc) is 2.95. The maximum atomic E-state index is 5.11. The van der Waals surface area contributed by atoms with Crippen LogP contribution in [0.25, 0.3) is 0 Å². The fourth-order valence-electron chi connectivity index (χ4n) is 3.26. The van der Waals surface area contributed by atoms with Crippen LogP contribution < -0.4 is 10.6 Å². The summed E-state index contributed by atoms with van der Waals surface area (Å²) in [5.74, 6) is 3.52. The third kappa shape index (κ3) is 8.20. The highest BCUT2D eigenvalue weighted by Gasteiger charge is 2.12. The number of hydrogen-bond acceptors (Lipinski definition) is 4. The maximum Gasteiger partial charge on any atom is 0.191 e. The topological polar surface area (TPSA) is 76.4 Å². The minimum Gasteiger partial charge on any atom is -0.383 e. The maximum absolute atomic E-state index is 5.11. The first-order valence-corrected chi connectivity index (χ1v) is 9.56. The number of ether oxygens (including phenoxy) is 1. The second-order valence-corrected chi connectivity index (χ2v) is 6.88. The van der Waals surface area contributed by atoms with Crippen LogP contribution in [-0.4, -0.2) is 47.5 Å².